The number of aliphatic hydroxyl groups is 1. The smallest absolute Gasteiger partial charge is 0.0986 e. The molecule has 2 atom stereocenters. The molecular weight excluding hydrogens is 220 g/mol. The van der Waals surface area contributed by atoms with Gasteiger partial charge in [-0.3, -0.25) is 0 Å². The van der Waals surface area contributed by atoms with Gasteiger partial charge in [0.05, 0.1) is 5.60 Å². The summed E-state index contributed by atoms with van der Waals surface area (Å²) in [7, 11) is 0. The molecule has 0 aliphatic heterocycles. The van der Waals surface area contributed by atoms with E-state index in [1.807, 2.05) is 25.2 Å². The molecule has 0 aromatic rings. The molecule has 0 aromatic carbocycles. The minimum atomic E-state index is -0.821. The van der Waals surface area contributed by atoms with E-state index in [4.69, 9.17) is 0 Å². The molecule has 1 heteroatoms. The summed E-state index contributed by atoms with van der Waals surface area (Å²) in [5, 5.41) is 10.0. The predicted octanol–water partition coefficient (Wildman–Crippen LogP) is 4.50. The fourth-order valence-electron chi connectivity index (χ4n) is 2.42. The maximum Gasteiger partial charge on any atom is 0.0986 e. The normalized spacial score (nSPS) is 26.1. The molecule has 102 valence electrons. The zero-order valence-electron chi connectivity index (χ0n) is 12.7. The van der Waals surface area contributed by atoms with Crippen molar-refractivity contribution in [3.8, 4) is 0 Å². The van der Waals surface area contributed by atoms with Crippen LogP contribution >= 0.6 is 0 Å². The lowest BCUT2D eigenvalue weighted by Crippen LogP contribution is -2.24. The van der Waals surface area contributed by atoms with E-state index >= 15 is 0 Å². The Balaban J connectivity index is 3.01. The highest BCUT2D eigenvalue weighted by Crippen LogP contribution is 2.38. The number of allylic oxidation sites excluding steroid dienone is 4. The molecule has 1 aliphatic rings. The minimum absolute atomic E-state index is 0.241. The number of hydrogen-bond acceptors (Lipinski definition) is 1. The van der Waals surface area contributed by atoms with E-state index in [0.29, 0.717) is 11.8 Å². The van der Waals surface area contributed by atoms with Crippen LogP contribution in [-0.2, 0) is 0 Å². The molecule has 0 fully saturated rings. The first-order valence-electron chi connectivity index (χ1n) is 6.93. The van der Waals surface area contributed by atoms with Crippen molar-refractivity contribution in [2.24, 2.45) is 17.3 Å². The maximum absolute atomic E-state index is 10.0. The van der Waals surface area contributed by atoms with Crippen molar-refractivity contribution in [2.75, 3.05) is 0 Å². The molecule has 0 spiro atoms. The van der Waals surface area contributed by atoms with Crippen LogP contribution < -0.4 is 0 Å². The highest BCUT2D eigenvalue weighted by molar-refractivity contribution is 5.34. The van der Waals surface area contributed by atoms with Crippen molar-refractivity contribution in [2.45, 2.75) is 53.6 Å². The van der Waals surface area contributed by atoms with Gasteiger partial charge in [0, 0.05) is 0 Å². The lowest BCUT2D eigenvalue weighted by Gasteiger charge is -2.33. The van der Waals surface area contributed by atoms with Crippen LogP contribution in [0.5, 0.6) is 0 Å². The second kappa shape index (κ2) is 5.44. The molecule has 1 aliphatic carbocycles. The van der Waals surface area contributed by atoms with Gasteiger partial charge in [-0.2, -0.15) is 0 Å². The fourth-order valence-corrected chi connectivity index (χ4v) is 2.42. The molecule has 0 aromatic heterocycles. The SMILES string of the molecule is CC(C)CC(C1=CC=CC(C)(O)C=C1)C(C)(C)C. The Hall–Kier alpha value is -0.820. The van der Waals surface area contributed by atoms with Crippen LogP contribution in [-0.4, -0.2) is 10.7 Å². The van der Waals surface area contributed by atoms with E-state index < -0.39 is 5.60 Å². The number of hydrogen-bond donors (Lipinski definition) is 1. The van der Waals surface area contributed by atoms with Gasteiger partial charge in [0.25, 0.3) is 0 Å². The zero-order valence-corrected chi connectivity index (χ0v) is 12.7. The average molecular weight is 248 g/mol. The first-order chi connectivity index (χ1) is 8.12. The van der Waals surface area contributed by atoms with Crippen molar-refractivity contribution >= 4 is 0 Å². The van der Waals surface area contributed by atoms with E-state index in [1.165, 1.54) is 12.0 Å². The van der Waals surface area contributed by atoms with Gasteiger partial charge in [-0.05, 0) is 48.3 Å². The maximum atomic E-state index is 10.0. The summed E-state index contributed by atoms with van der Waals surface area (Å²) < 4.78 is 0. The van der Waals surface area contributed by atoms with Gasteiger partial charge in [0.2, 0.25) is 0 Å². The summed E-state index contributed by atoms with van der Waals surface area (Å²) in [6, 6.07) is 0. The third-order valence-electron chi connectivity index (χ3n) is 3.49. The minimum Gasteiger partial charge on any atom is -0.382 e. The summed E-state index contributed by atoms with van der Waals surface area (Å²) in [4.78, 5) is 0. The lowest BCUT2D eigenvalue weighted by molar-refractivity contribution is 0.164. The third-order valence-corrected chi connectivity index (χ3v) is 3.49. The standard InChI is InChI=1S/C17H28O/c1-13(2)12-15(16(3,4)5)14-8-7-10-17(6,18)11-9-14/h7-11,13,15,18H,12H2,1-6H3. The number of rotatable bonds is 3. The monoisotopic (exact) mass is 248 g/mol. The molecule has 18 heavy (non-hydrogen) atoms. The summed E-state index contributed by atoms with van der Waals surface area (Å²) >= 11 is 0. The second-order valence-corrected chi connectivity index (χ2v) is 7.13. The molecule has 1 rings (SSSR count). The van der Waals surface area contributed by atoms with Gasteiger partial charge in [0.1, 0.15) is 0 Å². The average Bonchev–Trinajstić information content (AvgIpc) is 2.34. The highest BCUT2D eigenvalue weighted by atomic mass is 16.3. The lowest BCUT2D eigenvalue weighted by atomic mass is 9.72. The largest absolute Gasteiger partial charge is 0.382 e. The Morgan fingerprint density at radius 1 is 1.22 bits per heavy atom. The Labute approximate surface area is 112 Å². The van der Waals surface area contributed by atoms with Crippen molar-refractivity contribution in [3.63, 3.8) is 0 Å². The third kappa shape index (κ3) is 4.45. The van der Waals surface area contributed by atoms with Crippen molar-refractivity contribution in [3.05, 3.63) is 36.0 Å². The van der Waals surface area contributed by atoms with Gasteiger partial charge in [-0.25, -0.2) is 0 Å². The summed E-state index contributed by atoms with van der Waals surface area (Å²) in [5.41, 5.74) is 0.744. The van der Waals surface area contributed by atoms with E-state index in [0.717, 1.165) is 0 Å². The Kier molecular flexibility index (Phi) is 4.61. The highest BCUT2D eigenvalue weighted by Gasteiger charge is 2.28. The molecule has 0 bridgehead atoms. The van der Waals surface area contributed by atoms with Gasteiger partial charge in [-0.15, -0.1) is 0 Å². The molecule has 2 unspecified atom stereocenters. The Morgan fingerprint density at radius 2 is 1.83 bits per heavy atom. The van der Waals surface area contributed by atoms with Gasteiger partial charge in [-0.1, -0.05) is 52.8 Å². The molecule has 1 nitrogen and oxygen atoms in total. The van der Waals surface area contributed by atoms with Gasteiger partial charge >= 0.3 is 0 Å². The fraction of sp³-hybridized carbons (Fsp3) is 0.647. The predicted molar refractivity (Wildman–Crippen MR) is 79.4 cm³/mol. The Bertz CT molecular complexity index is 362. The molecule has 0 heterocycles. The van der Waals surface area contributed by atoms with Crippen LogP contribution in [0.25, 0.3) is 0 Å². The van der Waals surface area contributed by atoms with Crippen LogP contribution in [0.15, 0.2) is 36.0 Å². The molecular formula is C17H28O. The van der Waals surface area contributed by atoms with Crippen molar-refractivity contribution < 1.29 is 5.11 Å². The van der Waals surface area contributed by atoms with E-state index in [2.05, 4.69) is 46.8 Å². The Morgan fingerprint density at radius 3 is 2.33 bits per heavy atom. The van der Waals surface area contributed by atoms with Crippen LogP contribution in [0.3, 0.4) is 0 Å². The van der Waals surface area contributed by atoms with Gasteiger partial charge < -0.3 is 5.11 Å². The van der Waals surface area contributed by atoms with E-state index in [-0.39, 0.29) is 5.41 Å². The summed E-state index contributed by atoms with van der Waals surface area (Å²) in [5.74, 6) is 1.20. The van der Waals surface area contributed by atoms with Crippen LogP contribution in [0, 0.1) is 17.3 Å². The quantitative estimate of drug-likeness (QED) is 0.779. The second-order valence-electron chi connectivity index (χ2n) is 7.13. The first-order valence-corrected chi connectivity index (χ1v) is 6.93. The molecule has 0 radical (unpaired) electrons. The van der Waals surface area contributed by atoms with Crippen LogP contribution in [0.2, 0.25) is 0 Å². The van der Waals surface area contributed by atoms with Crippen LogP contribution in [0.1, 0.15) is 48.0 Å². The van der Waals surface area contributed by atoms with E-state index in [1.54, 1.807) is 0 Å². The van der Waals surface area contributed by atoms with Crippen LogP contribution in [0.4, 0.5) is 0 Å². The summed E-state index contributed by atoms with van der Waals surface area (Å²) in [6.07, 6.45) is 11.1. The summed E-state index contributed by atoms with van der Waals surface area (Å²) in [6.45, 7) is 13.2. The topological polar surface area (TPSA) is 20.2 Å². The molecule has 0 saturated heterocycles. The van der Waals surface area contributed by atoms with Crippen molar-refractivity contribution in [1.82, 2.24) is 0 Å². The van der Waals surface area contributed by atoms with Gasteiger partial charge in [0.15, 0.2) is 0 Å². The zero-order chi connectivity index (χ0) is 14.0. The molecule has 0 amide bonds. The molecule has 1 N–H and O–H groups in total. The van der Waals surface area contributed by atoms with E-state index in [9.17, 15) is 5.11 Å². The first kappa shape index (κ1) is 15.2. The molecule has 0 saturated carbocycles. The van der Waals surface area contributed by atoms with Crippen molar-refractivity contribution in [1.29, 1.82) is 0 Å².